The fourth-order valence-electron chi connectivity index (χ4n) is 2.77. The smallest absolute Gasteiger partial charge is 0.266 e. The van der Waals surface area contributed by atoms with Crippen LogP contribution >= 0.6 is 23.2 Å². The van der Waals surface area contributed by atoms with Gasteiger partial charge in [0.25, 0.3) is 5.91 Å². The summed E-state index contributed by atoms with van der Waals surface area (Å²) in [6.45, 7) is 2.32. The number of nitrogens with zero attached hydrogens (tertiary/aromatic N) is 2. The molecule has 0 radical (unpaired) electrons. The van der Waals surface area contributed by atoms with Gasteiger partial charge < -0.3 is 15.0 Å². The topological polar surface area (TPSA) is 65.4 Å². The molecule has 28 heavy (non-hydrogen) atoms. The molecule has 1 fully saturated rings. The summed E-state index contributed by atoms with van der Waals surface area (Å²) in [6.07, 6.45) is 1.32. The maximum Gasteiger partial charge on any atom is 0.266 e. The standard InChI is InChI=1S/C20H16Cl2FN3O2/c21-15-2-3-18(16(22)11-15)25-20(27)14(12-24)9-13-1-4-19(17(23)10-13)26-5-7-28-8-6-26/h1-4,9-11H,5-8H2,(H,25,27)/b14-9-. The molecule has 8 heteroatoms. The Hall–Kier alpha value is -2.59. The predicted octanol–water partition coefficient (Wildman–Crippen LogP) is 4.51. The Kier molecular flexibility index (Phi) is 6.53. The zero-order valence-electron chi connectivity index (χ0n) is 14.7. The van der Waals surface area contributed by atoms with Crippen molar-refractivity contribution in [2.24, 2.45) is 0 Å². The van der Waals surface area contributed by atoms with Crippen molar-refractivity contribution in [1.29, 1.82) is 5.26 Å². The minimum absolute atomic E-state index is 0.176. The van der Waals surface area contributed by atoms with Gasteiger partial charge >= 0.3 is 0 Å². The Morgan fingerprint density at radius 1 is 1.21 bits per heavy atom. The van der Waals surface area contributed by atoms with E-state index < -0.39 is 11.7 Å². The monoisotopic (exact) mass is 419 g/mol. The van der Waals surface area contributed by atoms with Crippen molar-refractivity contribution in [2.75, 3.05) is 36.5 Å². The Morgan fingerprint density at radius 3 is 2.61 bits per heavy atom. The number of carbonyl (C=O) groups is 1. The second kappa shape index (κ2) is 9.07. The number of nitriles is 1. The van der Waals surface area contributed by atoms with E-state index in [1.807, 2.05) is 11.0 Å². The number of carbonyl (C=O) groups excluding carboxylic acids is 1. The Morgan fingerprint density at radius 2 is 1.96 bits per heavy atom. The second-order valence-corrected chi connectivity index (χ2v) is 6.90. The van der Waals surface area contributed by atoms with Gasteiger partial charge in [-0.3, -0.25) is 4.79 Å². The maximum atomic E-state index is 14.5. The van der Waals surface area contributed by atoms with E-state index in [9.17, 15) is 14.4 Å². The van der Waals surface area contributed by atoms with Gasteiger partial charge in [0.05, 0.1) is 29.6 Å². The van der Waals surface area contributed by atoms with E-state index >= 15 is 0 Å². The number of ether oxygens (including phenoxy) is 1. The van der Waals surface area contributed by atoms with Crippen LogP contribution in [0.25, 0.3) is 6.08 Å². The van der Waals surface area contributed by atoms with Gasteiger partial charge in [-0.15, -0.1) is 0 Å². The summed E-state index contributed by atoms with van der Waals surface area (Å²) in [7, 11) is 0. The molecule has 1 amide bonds. The Bertz CT molecular complexity index is 966. The summed E-state index contributed by atoms with van der Waals surface area (Å²) in [5.74, 6) is -1.07. The van der Waals surface area contributed by atoms with Crippen molar-refractivity contribution in [1.82, 2.24) is 0 Å². The van der Waals surface area contributed by atoms with Gasteiger partial charge in [-0.25, -0.2) is 4.39 Å². The quantitative estimate of drug-likeness (QED) is 0.584. The Labute approximate surface area is 171 Å². The normalized spacial score (nSPS) is 14.5. The molecule has 1 saturated heterocycles. The highest BCUT2D eigenvalue weighted by atomic mass is 35.5. The summed E-state index contributed by atoms with van der Waals surface area (Å²) in [5.41, 5.74) is 1.02. The lowest BCUT2D eigenvalue weighted by molar-refractivity contribution is -0.112. The summed E-state index contributed by atoms with van der Waals surface area (Å²) < 4.78 is 19.8. The SMILES string of the molecule is N#C/C(=C/c1ccc(N2CCOCC2)c(F)c1)C(=O)Nc1ccc(Cl)cc1Cl. The van der Waals surface area contributed by atoms with Gasteiger partial charge in [0.2, 0.25) is 0 Å². The maximum absolute atomic E-state index is 14.5. The largest absolute Gasteiger partial charge is 0.378 e. The van der Waals surface area contributed by atoms with Gasteiger partial charge in [-0.2, -0.15) is 5.26 Å². The zero-order chi connectivity index (χ0) is 20.1. The third-order valence-electron chi connectivity index (χ3n) is 4.18. The van der Waals surface area contributed by atoms with Gasteiger partial charge in [0, 0.05) is 18.1 Å². The molecule has 0 bridgehead atoms. The number of hydrogen-bond donors (Lipinski definition) is 1. The molecule has 3 rings (SSSR count). The van der Waals surface area contributed by atoms with E-state index in [0.29, 0.717) is 48.3 Å². The molecule has 0 unspecified atom stereocenters. The lowest BCUT2D eigenvalue weighted by Crippen LogP contribution is -2.36. The summed E-state index contributed by atoms with van der Waals surface area (Å²) >= 11 is 11.9. The van der Waals surface area contributed by atoms with Crippen molar-refractivity contribution in [2.45, 2.75) is 0 Å². The molecule has 5 nitrogen and oxygen atoms in total. The first-order valence-corrected chi connectivity index (χ1v) is 9.24. The van der Waals surface area contributed by atoms with Gasteiger partial charge in [0.15, 0.2) is 0 Å². The number of halogens is 3. The molecule has 0 atom stereocenters. The third kappa shape index (κ3) is 4.82. The molecule has 0 spiro atoms. The number of amides is 1. The number of morpholine rings is 1. The van der Waals surface area contributed by atoms with E-state index in [0.717, 1.165) is 0 Å². The average Bonchev–Trinajstić information content (AvgIpc) is 2.69. The lowest BCUT2D eigenvalue weighted by Gasteiger charge is -2.29. The molecule has 2 aromatic rings. The molecule has 1 aliphatic rings. The third-order valence-corrected chi connectivity index (χ3v) is 4.73. The first-order valence-electron chi connectivity index (χ1n) is 8.48. The van der Waals surface area contributed by atoms with Crippen LogP contribution in [0.3, 0.4) is 0 Å². The van der Waals surface area contributed by atoms with Crippen LogP contribution in [0.15, 0.2) is 42.0 Å². The molecule has 1 N–H and O–H groups in total. The van der Waals surface area contributed by atoms with Crippen molar-refractivity contribution in [3.05, 3.63) is 63.4 Å². The van der Waals surface area contributed by atoms with Crippen LogP contribution in [0.4, 0.5) is 15.8 Å². The fourth-order valence-corrected chi connectivity index (χ4v) is 3.23. The molecule has 1 heterocycles. The van der Waals surface area contributed by atoms with Crippen LogP contribution in [0, 0.1) is 17.1 Å². The Balaban J connectivity index is 1.79. The van der Waals surface area contributed by atoms with Crippen molar-refractivity contribution >= 4 is 46.6 Å². The molecule has 0 aliphatic carbocycles. The average molecular weight is 420 g/mol. The van der Waals surface area contributed by atoms with E-state index in [-0.39, 0.29) is 10.6 Å². The minimum Gasteiger partial charge on any atom is -0.378 e. The zero-order valence-corrected chi connectivity index (χ0v) is 16.2. The number of anilines is 2. The number of hydrogen-bond acceptors (Lipinski definition) is 4. The molecule has 1 aliphatic heterocycles. The summed E-state index contributed by atoms with van der Waals surface area (Å²) in [4.78, 5) is 14.3. The van der Waals surface area contributed by atoms with Crippen molar-refractivity contribution in [3.63, 3.8) is 0 Å². The first kappa shape index (κ1) is 20.2. The molecule has 2 aromatic carbocycles. The number of nitrogens with one attached hydrogen (secondary N) is 1. The van der Waals surface area contributed by atoms with Crippen LogP contribution in [-0.2, 0) is 9.53 Å². The molecule has 0 aromatic heterocycles. The number of benzene rings is 2. The van der Waals surface area contributed by atoms with E-state index in [2.05, 4.69) is 5.32 Å². The van der Waals surface area contributed by atoms with E-state index in [4.69, 9.17) is 27.9 Å². The predicted molar refractivity (Wildman–Crippen MR) is 108 cm³/mol. The van der Waals surface area contributed by atoms with Crippen LogP contribution in [0.5, 0.6) is 0 Å². The van der Waals surface area contributed by atoms with Gasteiger partial charge in [-0.05, 0) is 42.0 Å². The van der Waals surface area contributed by atoms with Crippen molar-refractivity contribution in [3.8, 4) is 6.07 Å². The lowest BCUT2D eigenvalue weighted by atomic mass is 10.1. The molecule has 144 valence electrons. The van der Waals surface area contributed by atoms with Gasteiger partial charge in [0.1, 0.15) is 17.5 Å². The number of rotatable bonds is 4. The minimum atomic E-state index is -0.649. The molecular weight excluding hydrogens is 404 g/mol. The van der Waals surface area contributed by atoms with Crippen LogP contribution in [-0.4, -0.2) is 32.2 Å². The first-order chi connectivity index (χ1) is 13.5. The van der Waals surface area contributed by atoms with Crippen LogP contribution in [0.1, 0.15) is 5.56 Å². The second-order valence-electron chi connectivity index (χ2n) is 6.06. The van der Waals surface area contributed by atoms with Gasteiger partial charge in [-0.1, -0.05) is 29.3 Å². The fraction of sp³-hybridized carbons (Fsp3) is 0.200. The van der Waals surface area contributed by atoms with E-state index in [1.165, 1.54) is 24.3 Å². The van der Waals surface area contributed by atoms with Crippen LogP contribution in [0.2, 0.25) is 10.0 Å². The van der Waals surface area contributed by atoms with Crippen LogP contribution < -0.4 is 10.2 Å². The molecular formula is C20H16Cl2FN3O2. The summed E-state index contributed by atoms with van der Waals surface area (Å²) in [5, 5.41) is 12.6. The van der Waals surface area contributed by atoms with E-state index in [1.54, 1.807) is 18.2 Å². The molecule has 0 saturated carbocycles. The highest BCUT2D eigenvalue weighted by molar-refractivity contribution is 6.36. The van der Waals surface area contributed by atoms with Crippen molar-refractivity contribution < 1.29 is 13.9 Å². The highest BCUT2D eigenvalue weighted by Gasteiger charge is 2.16. The summed E-state index contributed by atoms with van der Waals surface area (Å²) in [6, 6.07) is 11.0. The highest BCUT2D eigenvalue weighted by Crippen LogP contribution is 2.26.